The molecule has 0 bridgehead atoms. The van der Waals surface area contributed by atoms with Crippen LogP contribution < -0.4 is 10.2 Å². The van der Waals surface area contributed by atoms with Crippen LogP contribution >= 0.6 is 0 Å². The molecule has 1 N–H and O–H groups in total. The van der Waals surface area contributed by atoms with Crippen LogP contribution in [-0.4, -0.2) is 18.1 Å². The van der Waals surface area contributed by atoms with Crippen molar-refractivity contribution < 1.29 is 0 Å². The monoisotopic (exact) mass is 544 g/mol. The molecule has 7 rings (SSSR count). The van der Waals surface area contributed by atoms with Gasteiger partial charge < -0.3 is 10.2 Å². The summed E-state index contributed by atoms with van der Waals surface area (Å²) >= 11 is 0. The first kappa shape index (κ1) is 25.7. The fourth-order valence-corrected chi connectivity index (χ4v) is 6.16. The topological polar surface area (TPSA) is 40.0 Å². The van der Waals surface area contributed by atoms with Gasteiger partial charge in [0.25, 0.3) is 0 Å². The molecule has 1 atom stereocenters. The van der Waals surface area contributed by atoms with E-state index in [1.807, 2.05) is 18.4 Å². The summed E-state index contributed by atoms with van der Waals surface area (Å²) in [5.41, 5.74) is 13.7. The number of anilines is 2. The number of para-hydroxylation sites is 2. The lowest BCUT2D eigenvalue weighted by molar-refractivity contribution is 0.762. The van der Waals surface area contributed by atoms with E-state index in [-0.39, 0.29) is 6.17 Å². The highest BCUT2D eigenvalue weighted by Gasteiger charge is 2.28. The lowest BCUT2D eigenvalue weighted by Gasteiger charge is -2.25. The molecule has 1 unspecified atom stereocenters. The van der Waals surface area contributed by atoms with Crippen LogP contribution in [0.2, 0.25) is 0 Å². The molecule has 0 fully saturated rings. The molecule has 0 saturated carbocycles. The van der Waals surface area contributed by atoms with Gasteiger partial charge in [-0.1, -0.05) is 91.5 Å². The molecular weight excluding hydrogens is 512 g/mol. The third-order valence-corrected chi connectivity index (χ3v) is 8.14. The van der Waals surface area contributed by atoms with E-state index in [1.54, 1.807) is 0 Å². The summed E-state index contributed by atoms with van der Waals surface area (Å²) in [4.78, 5) is 12.1. The largest absolute Gasteiger partial charge is 0.363 e. The third kappa shape index (κ3) is 4.82. The van der Waals surface area contributed by atoms with E-state index < -0.39 is 0 Å². The summed E-state index contributed by atoms with van der Waals surface area (Å²) in [6.45, 7) is 6.43. The number of aliphatic imine (C=N–C) groups is 2. The van der Waals surface area contributed by atoms with Crippen LogP contribution in [0, 0.1) is 0 Å². The molecule has 1 aliphatic carbocycles. The van der Waals surface area contributed by atoms with Crippen molar-refractivity contribution >= 4 is 28.9 Å². The number of allylic oxidation sites excluding steroid dienone is 3. The number of benzene rings is 4. The summed E-state index contributed by atoms with van der Waals surface area (Å²) in [5.74, 6) is 0. The van der Waals surface area contributed by atoms with Crippen molar-refractivity contribution in [1.29, 1.82) is 0 Å². The van der Waals surface area contributed by atoms with E-state index >= 15 is 0 Å². The maximum Gasteiger partial charge on any atom is 0.123 e. The molecule has 4 nitrogen and oxygen atoms in total. The van der Waals surface area contributed by atoms with Gasteiger partial charge in [0, 0.05) is 59.2 Å². The molecule has 0 saturated heterocycles. The molecule has 2 heterocycles. The number of hydrogen-bond acceptors (Lipinski definition) is 4. The molecule has 0 aromatic heterocycles. The quantitative estimate of drug-likeness (QED) is 0.261. The van der Waals surface area contributed by atoms with Gasteiger partial charge in [-0.2, -0.15) is 0 Å². The molecule has 2 aliphatic heterocycles. The maximum absolute atomic E-state index is 5.17. The Kier molecular flexibility index (Phi) is 6.73. The highest BCUT2D eigenvalue weighted by molar-refractivity contribution is 5.99. The summed E-state index contributed by atoms with van der Waals surface area (Å²) in [6, 6.07) is 36.2. The van der Waals surface area contributed by atoms with Gasteiger partial charge in [0.1, 0.15) is 6.17 Å². The van der Waals surface area contributed by atoms with Crippen molar-refractivity contribution in [2.45, 2.75) is 25.9 Å². The van der Waals surface area contributed by atoms with Crippen molar-refractivity contribution in [3.63, 3.8) is 0 Å². The zero-order valence-electron chi connectivity index (χ0n) is 23.7. The van der Waals surface area contributed by atoms with E-state index in [9.17, 15) is 0 Å². The van der Waals surface area contributed by atoms with Crippen LogP contribution in [0.4, 0.5) is 11.4 Å². The molecule has 0 spiro atoms. The van der Waals surface area contributed by atoms with Crippen LogP contribution in [0.25, 0.3) is 16.7 Å². The predicted molar refractivity (Wildman–Crippen MR) is 177 cm³/mol. The summed E-state index contributed by atoms with van der Waals surface area (Å²) in [5, 5.41) is 3.76. The lowest BCUT2D eigenvalue weighted by Crippen LogP contribution is -2.20. The summed E-state index contributed by atoms with van der Waals surface area (Å²) in [6.07, 6.45) is 9.68. The first-order valence-corrected chi connectivity index (χ1v) is 14.4. The molecular formula is C38H32N4. The predicted octanol–water partition coefficient (Wildman–Crippen LogP) is 8.82. The van der Waals surface area contributed by atoms with Crippen molar-refractivity contribution in [3.05, 3.63) is 162 Å². The van der Waals surface area contributed by atoms with E-state index in [1.165, 1.54) is 33.5 Å². The Balaban J connectivity index is 1.31. The minimum Gasteiger partial charge on any atom is -0.363 e. The molecule has 42 heavy (non-hydrogen) atoms. The van der Waals surface area contributed by atoms with Gasteiger partial charge in [-0.05, 0) is 65.1 Å². The van der Waals surface area contributed by atoms with Gasteiger partial charge in [-0.3, -0.25) is 9.98 Å². The summed E-state index contributed by atoms with van der Waals surface area (Å²) < 4.78 is 0. The van der Waals surface area contributed by atoms with Gasteiger partial charge in [0.05, 0.1) is 5.70 Å². The second-order valence-corrected chi connectivity index (χ2v) is 10.8. The van der Waals surface area contributed by atoms with Crippen LogP contribution in [0.15, 0.2) is 155 Å². The highest BCUT2D eigenvalue weighted by Crippen LogP contribution is 2.45. The first-order chi connectivity index (χ1) is 20.7. The zero-order chi connectivity index (χ0) is 28.5. The van der Waals surface area contributed by atoms with Gasteiger partial charge in [0.15, 0.2) is 0 Å². The van der Waals surface area contributed by atoms with Gasteiger partial charge in [-0.15, -0.1) is 0 Å². The number of hydrogen-bond donors (Lipinski definition) is 1. The molecule has 3 aliphatic rings. The Morgan fingerprint density at radius 1 is 0.881 bits per heavy atom. The van der Waals surface area contributed by atoms with Crippen LogP contribution in [0.5, 0.6) is 0 Å². The van der Waals surface area contributed by atoms with Crippen LogP contribution in [0.3, 0.4) is 0 Å². The molecule has 0 amide bonds. The molecule has 4 heteroatoms. The summed E-state index contributed by atoms with van der Waals surface area (Å²) in [7, 11) is 0. The van der Waals surface area contributed by atoms with E-state index in [2.05, 4.69) is 138 Å². The molecule has 4 aromatic carbocycles. The Labute approximate surface area is 247 Å². The number of rotatable bonds is 4. The second-order valence-electron chi connectivity index (χ2n) is 10.8. The minimum atomic E-state index is -0.0772. The minimum absolute atomic E-state index is 0.0772. The van der Waals surface area contributed by atoms with Crippen molar-refractivity contribution in [2.24, 2.45) is 9.98 Å². The van der Waals surface area contributed by atoms with E-state index in [0.29, 0.717) is 0 Å². The SMILES string of the molecule is C=C1N=C/C=C\N(c2ccccc2)C2=C1C=C(c1cccc3c1-c1ccccc1NC(/N=C(\C)c1ccccc1)C3)C2. The van der Waals surface area contributed by atoms with Crippen LogP contribution in [-0.2, 0) is 6.42 Å². The molecule has 0 radical (unpaired) electrons. The maximum atomic E-state index is 5.17. The Hall–Kier alpha value is -5.22. The normalized spacial score (nSPS) is 18.6. The van der Waals surface area contributed by atoms with Crippen molar-refractivity contribution in [1.82, 2.24) is 0 Å². The number of fused-ring (bicyclic) bond motifs is 3. The zero-order valence-corrected chi connectivity index (χ0v) is 23.7. The Morgan fingerprint density at radius 3 is 2.45 bits per heavy atom. The standard InChI is InChI=1S/C38H32N4/c1-26(28-13-5-3-6-14-28)40-37-25-29-15-11-19-32(38(29)33-18-9-10-20-35(33)41-37)30-23-34-27(2)39-21-12-22-42(36(34)24-30)31-16-7-4-8-17-31/h3-23,37,41H,2,24-25H2,1H3/b22-12-,39-21?,40-26+. The fraction of sp³-hybridized carbons (Fsp3) is 0.105. The first-order valence-electron chi connectivity index (χ1n) is 14.4. The van der Waals surface area contributed by atoms with Gasteiger partial charge in [0.2, 0.25) is 0 Å². The smallest absolute Gasteiger partial charge is 0.123 e. The molecule has 204 valence electrons. The van der Waals surface area contributed by atoms with Crippen molar-refractivity contribution in [2.75, 3.05) is 10.2 Å². The number of nitrogens with zero attached hydrogens (tertiary/aromatic N) is 3. The van der Waals surface area contributed by atoms with Crippen molar-refractivity contribution in [3.8, 4) is 11.1 Å². The van der Waals surface area contributed by atoms with E-state index in [4.69, 9.17) is 4.99 Å². The second kappa shape index (κ2) is 11.0. The highest BCUT2D eigenvalue weighted by atomic mass is 15.1. The fourth-order valence-electron chi connectivity index (χ4n) is 6.16. The Morgan fingerprint density at radius 2 is 1.62 bits per heavy atom. The lowest BCUT2D eigenvalue weighted by atomic mass is 9.88. The third-order valence-electron chi connectivity index (χ3n) is 8.14. The van der Waals surface area contributed by atoms with E-state index in [0.717, 1.165) is 46.8 Å². The molecule has 4 aromatic rings. The average Bonchev–Trinajstić information content (AvgIpc) is 3.38. The Bertz CT molecular complexity index is 1820. The van der Waals surface area contributed by atoms with Crippen LogP contribution in [0.1, 0.15) is 30.0 Å². The number of nitrogens with one attached hydrogen (secondary N) is 1. The van der Waals surface area contributed by atoms with Gasteiger partial charge >= 0.3 is 0 Å². The average molecular weight is 545 g/mol. The van der Waals surface area contributed by atoms with Gasteiger partial charge in [-0.25, -0.2) is 0 Å².